The first-order valence-corrected chi connectivity index (χ1v) is 10.7. The Labute approximate surface area is 175 Å². The van der Waals surface area contributed by atoms with Gasteiger partial charge in [0, 0.05) is 18.2 Å². The highest BCUT2D eigenvalue weighted by atomic mass is 19.1. The van der Waals surface area contributed by atoms with Crippen LogP contribution in [-0.4, -0.2) is 42.1 Å². The third-order valence-electron chi connectivity index (χ3n) is 6.84. The van der Waals surface area contributed by atoms with Gasteiger partial charge in [-0.25, -0.2) is 9.18 Å². The van der Waals surface area contributed by atoms with E-state index >= 15 is 0 Å². The normalized spacial score (nSPS) is 28.6. The molecular weight excluding hydrogens is 387 g/mol. The number of carbonyl (C=O) groups is 2. The fraction of sp³-hybridized carbons (Fsp3) is 0.609. The number of nitriles is 1. The number of hydrogen-bond acceptors (Lipinski definition) is 5. The topological polar surface area (TPSA) is 79.6 Å². The van der Waals surface area contributed by atoms with Gasteiger partial charge in [0.05, 0.1) is 12.5 Å². The molecule has 160 valence electrons. The minimum Gasteiger partial charge on any atom is -0.482 e. The molecule has 0 aromatic heterocycles. The number of nitrogens with zero attached hydrogens (tertiary/aromatic N) is 2. The first-order valence-electron chi connectivity index (χ1n) is 10.7. The van der Waals surface area contributed by atoms with E-state index in [1.165, 1.54) is 43.5 Å². The third kappa shape index (κ3) is 4.43. The van der Waals surface area contributed by atoms with Gasteiger partial charge in [-0.05, 0) is 68.4 Å². The van der Waals surface area contributed by atoms with Gasteiger partial charge in [0.15, 0.2) is 13.2 Å². The second-order valence-corrected chi connectivity index (χ2v) is 9.00. The Kier molecular flexibility index (Phi) is 5.94. The maximum atomic E-state index is 13.2. The van der Waals surface area contributed by atoms with Crippen LogP contribution in [0.5, 0.6) is 5.75 Å². The fourth-order valence-corrected chi connectivity index (χ4v) is 6.14. The SMILES string of the molecule is N#CCCN(C(=O)COC(=O)COc1cccc(F)c1)C12CC3CC(CC(C3)C1)C2. The van der Waals surface area contributed by atoms with Crippen molar-refractivity contribution in [3.05, 3.63) is 30.1 Å². The molecule has 4 aliphatic carbocycles. The van der Waals surface area contributed by atoms with Crippen LogP contribution in [0.25, 0.3) is 0 Å². The van der Waals surface area contributed by atoms with Crippen LogP contribution >= 0.6 is 0 Å². The van der Waals surface area contributed by atoms with Gasteiger partial charge in [0.1, 0.15) is 11.6 Å². The molecule has 0 atom stereocenters. The number of benzene rings is 1. The van der Waals surface area contributed by atoms with Crippen LogP contribution in [0.3, 0.4) is 0 Å². The summed E-state index contributed by atoms with van der Waals surface area (Å²) in [5.41, 5.74) is -0.187. The Bertz CT molecular complexity index is 815. The minimum atomic E-state index is -0.682. The van der Waals surface area contributed by atoms with E-state index in [0.29, 0.717) is 24.3 Å². The summed E-state index contributed by atoms with van der Waals surface area (Å²) in [6, 6.07) is 7.62. The molecule has 0 radical (unpaired) electrons. The molecule has 0 N–H and O–H groups in total. The summed E-state index contributed by atoms with van der Waals surface area (Å²) < 4.78 is 23.5. The van der Waals surface area contributed by atoms with E-state index < -0.39 is 18.4 Å². The standard InChI is InChI=1S/C23H27FN2O4/c24-19-3-1-4-20(10-19)29-15-22(28)30-14-21(27)26(6-2-5-25)23-11-16-7-17(12-23)9-18(8-16)13-23/h1,3-4,10,16-18H,2,6-9,11-15H2. The van der Waals surface area contributed by atoms with Crippen molar-refractivity contribution in [1.29, 1.82) is 5.26 Å². The Balaban J connectivity index is 1.35. The average molecular weight is 414 g/mol. The molecule has 6 nitrogen and oxygen atoms in total. The molecule has 0 aliphatic heterocycles. The Morgan fingerprint density at radius 3 is 2.40 bits per heavy atom. The number of carbonyl (C=O) groups excluding carboxylic acids is 2. The molecule has 1 aromatic rings. The van der Waals surface area contributed by atoms with E-state index in [0.717, 1.165) is 19.3 Å². The van der Waals surface area contributed by atoms with Crippen molar-refractivity contribution in [2.24, 2.45) is 17.8 Å². The number of ether oxygens (including phenoxy) is 2. The van der Waals surface area contributed by atoms with Gasteiger partial charge in [-0.3, -0.25) is 4.79 Å². The van der Waals surface area contributed by atoms with E-state index in [-0.39, 0.29) is 30.2 Å². The van der Waals surface area contributed by atoms with Gasteiger partial charge in [0.25, 0.3) is 5.91 Å². The van der Waals surface area contributed by atoms with E-state index in [2.05, 4.69) is 6.07 Å². The average Bonchev–Trinajstić information content (AvgIpc) is 2.70. The predicted molar refractivity (Wildman–Crippen MR) is 106 cm³/mol. The van der Waals surface area contributed by atoms with Crippen LogP contribution in [0, 0.1) is 34.9 Å². The molecule has 0 saturated heterocycles. The molecule has 1 amide bonds. The summed E-state index contributed by atoms with van der Waals surface area (Å²) in [6.45, 7) is -0.385. The second-order valence-electron chi connectivity index (χ2n) is 9.00. The summed E-state index contributed by atoms with van der Waals surface area (Å²) in [5, 5.41) is 9.08. The summed E-state index contributed by atoms with van der Waals surface area (Å²) >= 11 is 0. The van der Waals surface area contributed by atoms with E-state index in [9.17, 15) is 14.0 Å². The largest absolute Gasteiger partial charge is 0.482 e. The molecule has 0 unspecified atom stereocenters. The van der Waals surface area contributed by atoms with Crippen molar-refractivity contribution < 1.29 is 23.5 Å². The molecule has 4 saturated carbocycles. The van der Waals surface area contributed by atoms with Gasteiger partial charge in [-0.15, -0.1) is 0 Å². The molecule has 4 aliphatic rings. The van der Waals surface area contributed by atoms with Crippen LogP contribution in [0.2, 0.25) is 0 Å². The maximum Gasteiger partial charge on any atom is 0.344 e. The van der Waals surface area contributed by atoms with E-state index in [1.54, 1.807) is 0 Å². The van der Waals surface area contributed by atoms with Crippen molar-refractivity contribution in [2.45, 2.75) is 50.5 Å². The van der Waals surface area contributed by atoms with Crippen LogP contribution < -0.4 is 4.74 Å². The van der Waals surface area contributed by atoms with Crippen molar-refractivity contribution in [3.8, 4) is 11.8 Å². The molecule has 7 heteroatoms. The first-order chi connectivity index (χ1) is 14.5. The highest BCUT2D eigenvalue weighted by Crippen LogP contribution is 2.57. The van der Waals surface area contributed by atoms with Gasteiger partial charge in [0.2, 0.25) is 0 Å². The minimum absolute atomic E-state index is 0.187. The van der Waals surface area contributed by atoms with Crippen LogP contribution in [0.4, 0.5) is 4.39 Å². The summed E-state index contributed by atoms with van der Waals surface area (Å²) in [7, 11) is 0. The molecule has 30 heavy (non-hydrogen) atoms. The summed E-state index contributed by atoms with van der Waals surface area (Å²) in [6.07, 6.45) is 7.01. The highest BCUT2D eigenvalue weighted by molar-refractivity contribution is 5.81. The van der Waals surface area contributed by atoms with Crippen LogP contribution in [0.1, 0.15) is 44.9 Å². The number of esters is 1. The van der Waals surface area contributed by atoms with Crippen LogP contribution in [0.15, 0.2) is 24.3 Å². The fourth-order valence-electron chi connectivity index (χ4n) is 6.14. The van der Waals surface area contributed by atoms with Crippen LogP contribution in [-0.2, 0) is 14.3 Å². The summed E-state index contributed by atoms with van der Waals surface area (Å²) in [5.74, 6) is 0.828. The number of rotatable bonds is 8. The molecular formula is C23H27FN2O4. The molecule has 1 aromatic carbocycles. The zero-order valence-corrected chi connectivity index (χ0v) is 17.0. The monoisotopic (exact) mass is 414 g/mol. The smallest absolute Gasteiger partial charge is 0.344 e. The van der Waals surface area contributed by atoms with Crippen molar-refractivity contribution in [2.75, 3.05) is 19.8 Å². The number of halogens is 1. The van der Waals surface area contributed by atoms with Gasteiger partial charge in [-0.2, -0.15) is 5.26 Å². The van der Waals surface area contributed by atoms with Crippen molar-refractivity contribution in [3.63, 3.8) is 0 Å². The molecule has 5 rings (SSSR count). The van der Waals surface area contributed by atoms with E-state index in [4.69, 9.17) is 14.7 Å². The number of amides is 1. The molecule has 0 spiro atoms. The Hall–Kier alpha value is -2.62. The summed E-state index contributed by atoms with van der Waals surface area (Å²) in [4.78, 5) is 26.9. The lowest BCUT2D eigenvalue weighted by Crippen LogP contribution is -2.62. The molecule has 4 fully saturated rings. The predicted octanol–water partition coefficient (Wildman–Crippen LogP) is 3.46. The van der Waals surface area contributed by atoms with Gasteiger partial charge in [-0.1, -0.05) is 6.07 Å². The lowest BCUT2D eigenvalue weighted by molar-refractivity contribution is -0.163. The second kappa shape index (κ2) is 8.63. The quantitative estimate of drug-likeness (QED) is 0.609. The first kappa shape index (κ1) is 20.6. The molecule has 0 heterocycles. The van der Waals surface area contributed by atoms with E-state index in [1.807, 2.05) is 4.90 Å². The van der Waals surface area contributed by atoms with Crippen molar-refractivity contribution in [1.82, 2.24) is 4.90 Å². The molecule has 4 bridgehead atoms. The van der Waals surface area contributed by atoms with Gasteiger partial charge >= 0.3 is 5.97 Å². The Morgan fingerprint density at radius 2 is 1.80 bits per heavy atom. The third-order valence-corrected chi connectivity index (χ3v) is 6.84. The van der Waals surface area contributed by atoms with Gasteiger partial charge < -0.3 is 14.4 Å². The maximum absolute atomic E-state index is 13.2. The Morgan fingerprint density at radius 1 is 1.13 bits per heavy atom. The lowest BCUT2D eigenvalue weighted by Gasteiger charge is -2.60. The highest BCUT2D eigenvalue weighted by Gasteiger charge is 2.54. The zero-order chi connectivity index (χ0) is 21.1. The zero-order valence-electron chi connectivity index (χ0n) is 17.0. The lowest BCUT2D eigenvalue weighted by atomic mass is 9.52. The van der Waals surface area contributed by atoms with Crippen molar-refractivity contribution >= 4 is 11.9 Å². The number of hydrogen-bond donors (Lipinski definition) is 0.